The Kier molecular flexibility index (Phi) is 3.02. The van der Waals surface area contributed by atoms with Gasteiger partial charge in [-0.1, -0.05) is 29.8 Å². The highest BCUT2D eigenvalue weighted by Gasteiger charge is 2.17. The van der Waals surface area contributed by atoms with E-state index in [9.17, 15) is 9.59 Å². The van der Waals surface area contributed by atoms with E-state index in [1.54, 1.807) is 22.8 Å². The van der Waals surface area contributed by atoms with Crippen LogP contribution in [0, 0.1) is 0 Å². The molecule has 0 unspecified atom stereocenters. The molecule has 5 nitrogen and oxygen atoms in total. The molecule has 2 heterocycles. The number of aromatic nitrogens is 3. The highest BCUT2D eigenvalue weighted by Crippen LogP contribution is 2.27. The molecular weight excluding hydrogens is 314 g/mol. The largest absolute Gasteiger partial charge is 0.349 e. The van der Waals surface area contributed by atoms with E-state index >= 15 is 0 Å². The molecule has 2 aliphatic heterocycles. The molecular formula is C17H10ClN3O2. The molecule has 0 atom stereocenters. The van der Waals surface area contributed by atoms with Crippen molar-refractivity contribution in [3.8, 4) is 17.1 Å². The number of benzene rings is 2. The number of nitrogens with zero attached hydrogens (tertiary/aromatic N) is 2. The first-order chi connectivity index (χ1) is 11.1. The summed E-state index contributed by atoms with van der Waals surface area (Å²) in [7, 11) is 0. The number of aromatic amines is 1. The predicted octanol–water partition coefficient (Wildman–Crippen LogP) is 2.83. The number of halogens is 1. The number of H-pyrrole nitrogens is 1. The van der Waals surface area contributed by atoms with Gasteiger partial charge in [0.15, 0.2) is 5.82 Å². The summed E-state index contributed by atoms with van der Waals surface area (Å²) in [6, 6.07) is 16.5. The third-order valence-corrected chi connectivity index (χ3v) is 3.94. The molecule has 0 spiro atoms. The van der Waals surface area contributed by atoms with E-state index in [1.165, 1.54) is 0 Å². The van der Waals surface area contributed by atoms with Crippen molar-refractivity contribution < 1.29 is 0 Å². The second-order valence-electron chi connectivity index (χ2n) is 5.12. The number of rotatable bonds is 1. The van der Waals surface area contributed by atoms with E-state index in [4.69, 9.17) is 11.6 Å². The van der Waals surface area contributed by atoms with Crippen molar-refractivity contribution in [2.75, 3.05) is 0 Å². The normalized spacial score (nSPS) is 11.2. The second-order valence-corrected chi connectivity index (χ2v) is 5.56. The van der Waals surface area contributed by atoms with Crippen molar-refractivity contribution in [3.05, 3.63) is 80.5 Å². The molecule has 112 valence electrons. The number of hydrogen-bond donors (Lipinski definition) is 1. The molecule has 2 aromatic carbocycles. The monoisotopic (exact) mass is 323 g/mol. The van der Waals surface area contributed by atoms with Crippen molar-refractivity contribution >= 4 is 22.5 Å². The Morgan fingerprint density at radius 2 is 1.74 bits per heavy atom. The molecule has 6 heteroatoms. The minimum absolute atomic E-state index is 0.319. The quantitative estimate of drug-likeness (QED) is 0.548. The number of nitrogens with one attached hydrogen (secondary N) is 1. The van der Waals surface area contributed by atoms with E-state index in [-0.39, 0.29) is 0 Å². The van der Waals surface area contributed by atoms with Gasteiger partial charge < -0.3 is 0 Å². The van der Waals surface area contributed by atoms with Gasteiger partial charge in [0.05, 0.1) is 11.1 Å². The van der Waals surface area contributed by atoms with Gasteiger partial charge in [0.1, 0.15) is 0 Å². The van der Waals surface area contributed by atoms with Gasteiger partial charge in [-0.15, -0.1) is 0 Å². The fourth-order valence-electron chi connectivity index (χ4n) is 2.69. The third kappa shape index (κ3) is 2.22. The Hall–Kier alpha value is -2.92. The molecule has 23 heavy (non-hydrogen) atoms. The van der Waals surface area contributed by atoms with Crippen LogP contribution in [-0.4, -0.2) is 14.5 Å². The standard InChI is InChI=1S/C17H10ClN3O2/c18-11-5-7-12(8-6-11)21-14-4-2-1-3-10(14)9-13-15(21)19-17(23)20-16(13)22/h1-9H,(H,20,22,23). The Bertz CT molecular complexity index is 1110. The molecule has 0 aromatic heterocycles. The van der Waals surface area contributed by atoms with Gasteiger partial charge in [0.25, 0.3) is 5.56 Å². The zero-order valence-corrected chi connectivity index (χ0v) is 12.5. The van der Waals surface area contributed by atoms with Crippen molar-refractivity contribution in [2.24, 2.45) is 0 Å². The highest BCUT2D eigenvalue weighted by atomic mass is 35.5. The van der Waals surface area contributed by atoms with Crippen LogP contribution in [0.4, 0.5) is 0 Å². The summed E-state index contributed by atoms with van der Waals surface area (Å²) in [4.78, 5) is 30.0. The minimum Gasteiger partial charge on any atom is -0.294 e. The smallest absolute Gasteiger partial charge is 0.294 e. The fourth-order valence-corrected chi connectivity index (χ4v) is 2.81. The van der Waals surface area contributed by atoms with E-state index in [2.05, 4.69) is 9.97 Å². The molecule has 0 fully saturated rings. The highest BCUT2D eigenvalue weighted by molar-refractivity contribution is 6.30. The Morgan fingerprint density at radius 1 is 1.00 bits per heavy atom. The average molecular weight is 324 g/mol. The first-order valence-corrected chi connectivity index (χ1v) is 7.32. The van der Waals surface area contributed by atoms with Gasteiger partial charge in [0, 0.05) is 10.7 Å². The molecule has 1 N–H and O–H groups in total. The van der Waals surface area contributed by atoms with Gasteiger partial charge in [-0.2, -0.15) is 4.98 Å². The zero-order valence-electron chi connectivity index (χ0n) is 11.8. The van der Waals surface area contributed by atoms with Crippen molar-refractivity contribution in [2.45, 2.75) is 0 Å². The maximum Gasteiger partial charge on any atom is 0.349 e. The van der Waals surface area contributed by atoms with E-state index < -0.39 is 11.2 Å². The lowest BCUT2D eigenvalue weighted by molar-refractivity contribution is 0.960. The summed E-state index contributed by atoms with van der Waals surface area (Å²) in [6.45, 7) is 0. The van der Waals surface area contributed by atoms with E-state index in [0.29, 0.717) is 16.4 Å². The molecule has 0 radical (unpaired) electrons. The number of fused-ring (bicyclic) bond motifs is 2. The second kappa shape index (κ2) is 5.07. The lowest BCUT2D eigenvalue weighted by Crippen LogP contribution is -2.27. The van der Waals surface area contributed by atoms with Crippen LogP contribution >= 0.6 is 11.6 Å². The molecule has 0 aliphatic carbocycles. The number of hydrogen-bond acceptors (Lipinski definition) is 3. The molecule has 2 aliphatic rings. The van der Waals surface area contributed by atoms with Gasteiger partial charge in [-0.05, 0) is 41.8 Å². The van der Waals surface area contributed by atoms with Gasteiger partial charge in [-0.3, -0.25) is 14.3 Å². The summed E-state index contributed by atoms with van der Waals surface area (Å²) in [6.07, 6.45) is 0. The maximum atomic E-state index is 12.2. The van der Waals surface area contributed by atoms with E-state index in [1.807, 2.05) is 36.4 Å². The summed E-state index contributed by atoms with van der Waals surface area (Å²) >= 11 is 5.96. The van der Waals surface area contributed by atoms with Crippen LogP contribution in [0.15, 0.2) is 64.2 Å². The van der Waals surface area contributed by atoms with Crippen molar-refractivity contribution in [1.82, 2.24) is 14.5 Å². The average Bonchev–Trinajstić information content (AvgIpc) is 2.54. The summed E-state index contributed by atoms with van der Waals surface area (Å²) in [5, 5.41) is 1.48. The van der Waals surface area contributed by atoms with E-state index in [0.717, 1.165) is 16.6 Å². The van der Waals surface area contributed by atoms with Crippen molar-refractivity contribution in [3.63, 3.8) is 0 Å². The lowest BCUT2D eigenvalue weighted by atomic mass is 10.1. The SMILES string of the molecule is O=c1nc2n(-c3ccc(Cl)cc3)c3ccccc3cc-2c(=O)[nH]1. The lowest BCUT2D eigenvalue weighted by Gasteiger charge is -2.17. The Labute approximate surface area is 135 Å². The maximum absolute atomic E-state index is 12.2. The molecule has 0 saturated carbocycles. The van der Waals surface area contributed by atoms with Crippen LogP contribution in [-0.2, 0) is 0 Å². The van der Waals surface area contributed by atoms with Crippen LogP contribution in [0.3, 0.4) is 0 Å². The first kappa shape index (κ1) is 13.7. The Balaban J connectivity index is 2.23. The molecule has 2 aromatic rings. The first-order valence-electron chi connectivity index (χ1n) is 6.94. The number of para-hydroxylation sites is 1. The van der Waals surface area contributed by atoms with Crippen LogP contribution in [0.25, 0.3) is 28.0 Å². The molecule has 0 saturated heterocycles. The van der Waals surface area contributed by atoms with Gasteiger partial charge in [-0.25, -0.2) is 4.79 Å². The predicted molar refractivity (Wildman–Crippen MR) is 89.6 cm³/mol. The van der Waals surface area contributed by atoms with Crippen LogP contribution in [0.2, 0.25) is 5.02 Å². The molecule has 0 amide bonds. The zero-order chi connectivity index (χ0) is 16.0. The van der Waals surface area contributed by atoms with Crippen LogP contribution in [0.1, 0.15) is 0 Å². The molecule has 0 bridgehead atoms. The van der Waals surface area contributed by atoms with Gasteiger partial charge >= 0.3 is 5.69 Å². The fraction of sp³-hybridized carbons (Fsp3) is 0. The van der Waals surface area contributed by atoms with Crippen LogP contribution in [0.5, 0.6) is 0 Å². The third-order valence-electron chi connectivity index (χ3n) is 3.69. The van der Waals surface area contributed by atoms with Crippen LogP contribution < -0.4 is 11.2 Å². The summed E-state index contributed by atoms with van der Waals surface area (Å²) in [5.74, 6) is 0.319. The molecule has 4 rings (SSSR count). The summed E-state index contributed by atoms with van der Waals surface area (Å²) in [5.41, 5.74) is 0.862. The topological polar surface area (TPSA) is 67.8 Å². The minimum atomic E-state index is -0.666. The summed E-state index contributed by atoms with van der Waals surface area (Å²) < 4.78 is 1.79. The van der Waals surface area contributed by atoms with Gasteiger partial charge in [0.2, 0.25) is 0 Å². The van der Waals surface area contributed by atoms with Crippen molar-refractivity contribution in [1.29, 1.82) is 0 Å². The Morgan fingerprint density at radius 3 is 2.52 bits per heavy atom. The number of pyridine rings is 1.